The molecule has 1 heterocycles. The summed E-state index contributed by atoms with van der Waals surface area (Å²) in [4.78, 5) is 146. The van der Waals surface area contributed by atoms with Gasteiger partial charge in [0.2, 0.25) is 53.2 Å². The minimum Gasteiger partial charge on any atom is -0.508 e. The number of hydrogen-bond acceptors (Lipinski definition) is 20. The molecule has 0 fully saturated rings. The number of imidazole rings is 1. The monoisotopic (exact) mass is 1230 g/mol. The molecule has 33 heteroatoms. The van der Waals surface area contributed by atoms with E-state index in [1.54, 1.807) is 6.26 Å². The number of aromatic hydroxyl groups is 2. The summed E-state index contributed by atoms with van der Waals surface area (Å²) in [6, 6.07) is -4.37. The van der Waals surface area contributed by atoms with Gasteiger partial charge in [0.15, 0.2) is 5.96 Å². The van der Waals surface area contributed by atoms with Gasteiger partial charge in [0, 0.05) is 37.7 Å². The van der Waals surface area contributed by atoms with Crippen LogP contribution in [0.4, 0.5) is 0 Å². The van der Waals surface area contributed by atoms with Gasteiger partial charge in [-0.1, -0.05) is 30.7 Å². The Morgan fingerprint density at radius 1 is 0.547 bits per heavy atom. The minimum absolute atomic E-state index is 0.0305. The number of nitrogens with two attached hydrogens (primary N) is 4. The Morgan fingerprint density at radius 3 is 1.40 bits per heavy atom. The maximum atomic E-state index is 14.1. The van der Waals surface area contributed by atoms with Crippen LogP contribution in [0.15, 0.2) is 66.0 Å². The first-order valence-electron chi connectivity index (χ1n) is 27.2. The second kappa shape index (κ2) is 37.6. The molecule has 0 radical (unpaired) electrons. The molecule has 32 nitrogen and oxygen atoms in total. The molecule has 3 rings (SSSR count). The fourth-order valence-corrected chi connectivity index (χ4v) is 8.53. The first-order valence-corrected chi connectivity index (χ1v) is 28.6. The van der Waals surface area contributed by atoms with Crippen molar-refractivity contribution in [2.24, 2.45) is 27.9 Å². The highest BCUT2D eigenvalue weighted by Crippen LogP contribution is 2.15. The molecule has 0 aliphatic heterocycles. The number of carboxylic acid groups (broad SMARTS) is 1. The van der Waals surface area contributed by atoms with Crippen molar-refractivity contribution in [3.63, 3.8) is 0 Å². The number of carboxylic acids is 1. The van der Waals surface area contributed by atoms with E-state index in [0.29, 0.717) is 36.2 Å². The summed E-state index contributed by atoms with van der Waals surface area (Å²) in [5, 5.41) is 82.2. The van der Waals surface area contributed by atoms with E-state index in [0.717, 1.165) is 0 Å². The number of nitrogens with one attached hydrogen (secondary N) is 10. The zero-order valence-corrected chi connectivity index (χ0v) is 48.3. The fraction of sp³-hybridized carbons (Fsp3) is 0.509. The van der Waals surface area contributed by atoms with Crippen molar-refractivity contribution >= 4 is 76.9 Å². The summed E-state index contributed by atoms with van der Waals surface area (Å²) >= 11 is 1.30. The van der Waals surface area contributed by atoms with E-state index in [1.165, 1.54) is 79.7 Å². The molecular weight excluding hydrogens is 1150 g/mol. The van der Waals surface area contributed by atoms with E-state index < -0.39 is 139 Å². The summed E-state index contributed by atoms with van der Waals surface area (Å²) in [7, 11) is 0. The summed E-state index contributed by atoms with van der Waals surface area (Å²) in [6.07, 6.45) is 5.12. The smallest absolute Gasteiger partial charge is 0.326 e. The first kappa shape index (κ1) is 71.6. The topological polar surface area (TPSA) is 545 Å². The van der Waals surface area contributed by atoms with Gasteiger partial charge in [-0.25, -0.2) is 9.78 Å². The maximum Gasteiger partial charge on any atom is 0.326 e. The van der Waals surface area contributed by atoms with Gasteiger partial charge in [0.25, 0.3) is 0 Å². The number of guanidine groups is 1. The van der Waals surface area contributed by atoms with Gasteiger partial charge in [-0.15, -0.1) is 0 Å². The highest BCUT2D eigenvalue weighted by atomic mass is 32.2. The second-order valence-corrected chi connectivity index (χ2v) is 20.7. The van der Waals surface area contributed by atoms with Crippen LogP contribution in [0, 0.1) is 0 Å². The number of aromatic amines is 1. The summed E-state index contributed by atoms with van der Waals surface area (Å²) < 4.78 is 0. The predicted molar refractivity (Wildman–Crippen MR) is 312 cm³/mol. The summed E-state index contributed by atoms with van der Waals surface area (Å²) in [5.74, 6) is -10.6. The van der Waals surface area contributed by atoms with Crippen LogP contribution in [-0.2, 0) is 67.2 Å². The van der Waals surface area contributed by atoms with Gasteiger partial charge in [0.05, 0.1) is 32.2 Å². The Bertz CT molecular complexity index is 2720. The lowest BCUT2D eigenvalue weighted by atomic mass is 10.0. The van der Waals surface area contributed by atoms with Gasteiger partial charge in [0.1, 0.15) is 65.9 Å². The summed E-state index contributed by atoms with van der Waals surface area (Å²) in [5.41, 5.74) is 23.4. The number of thioether (sulfide) groups is 1. The Morgan fingerprint density at radius 2 is 0.965 bits per heavy atom. The van der Waals surface area contributed by atoms with E-state index in [2.05, 4.69) is 62.8 Å². The number of aromatic nitrogens is 2. The molecule has 9 amide bonds. The van der Waals surface area contributed by atoms with Crippen molar-refractivity contribution in [2.45, 2.75) is 125 Å². The number of aliphatic carboxylic acids is 1. The van der Waals surface area contributed by atoms with E-state index in [4.69, 9.17) is 22.9 Å². The van der Waals surface area contributed by atoms with Gasteiger partial charge in [-0.3, -0.25) is 48.1 Å². The van der Waals surface area contributed by atoms with Crippen molar-refractivity contribution in [3.05, 3.63) is 77.9 Å². The molecule has 3 aromatic rings. The number of carbonyl (C=O) groups is 10. The lowest BCUT2D eigenvalue weighted by molar-refractivity contribution is -0.142. The maximum absolute atomic E-state index is 14.1. The molecule has 0 aliphatic rings. The van der Waals surface area contributed by atoms with Gasteiger partial charge in [-0.2, -0.15) is 11.8 Å². The molecular formula is C53H80N16O16S. The number of H-pyrrole nitrogens is 1. The average Bonchev–Trinajstić information content (AvgIpc) is 4.05. The summed E-state index contributed by atoms with van der Waals surface area (Å²) in [6.45, 7) is -1.48. The first-order chi connectivity index (χ1) is 40.9. The standard InChI is InChI=1S/C53H80N16O16S/c1-28(61-45(77)35(16-19-86-2)62-49(81)41(25-71)69-48(80)39(22-31-23-58-27-60-31)64-44(76)34(55)6-3-4-17-54)43(75)67-40(24-70)50(82)66-38(21-30-10-14-33(74)15-11-30)47(79)68-42(26-72)51(83)65-37(20-29-8-12-32(73)13-9-29)46(78)63-36(52(84)85)7-5-18-59-53(56)57/h8-15,23,27-28,34-42,70-74H,3-7,16-22,24-26,54-55H2,1-2H3,(H,58,60)(H,61,77)(H,62,81)(H,63,78)(H,64,76)(H,65,83)(H,66,82)(H,67,75)(H,68,79)(H,69,80)(H,84,85)(H4,56,57,59)/t28-,34-,35-,36-,37-,38-,39-,40-,41-,42-/m0/s1. The number of aliphatic hydroxyl groups excluding tert-OH is 3. The molecule has 86 heavy (non-hydrogen) atoms. The number of amides is 9. The van der Waals surface area contributed by atoms with Crippen LogP contribution in [0.25, 0.3) is 0 Å². The van der Waals surface area contributed by atoms with Crippen LogP contribution in [0.5, 0.6) is 11.5 Å². The zero-order chi connectivity index (χ0) is 63.9. The van der Waals surface area contributed by atoms with E-state index in [9.17, 15) is 78.6 Å². The van der Waals surface area contributed by atoms with Crippen molar-refractivity contribution in [1.29, 1.82) is 0 Å². The molecule has 0 aliphatic carbocycles. The van der Waals surface area contributed by atoms with Gasteiger partial charge < -0.3 is 106 Å². The number of unbranched alkanes of at least 4 members (excludes halogenated alkanes) is 1. The molecule has 0 spiro atoms. The predicted octanol–water partition coefficient (Wildman–Crippen LogP) is -6.44. The van der Waals surface area contributed by atoms with E-state index >= 15 is 0 Å². The van der Waals surface area contributed by atoms with Crippen LogP contribution in [0.1, 0.15) is 62.3 Å². The van der Waals surface area contributed by atoms with Crippen molar-refractivity contribution in [2.75, 3.05) is 44.9 Å². The lowest BCUT2D eigenvalue weighted by Gasteiger charge is -2.27. The van der Waals surface area contributed by atoms with Crippen LogP contribution < -0.4 is 70.8 Å². The molecule has 24 N–H and O–H groups in total. The molecule has 0 bridgehead atoms. The van der Waals surface area contributed by atoms with Crippen molar-refractivity contribution in [3.8, 4) is 11.5 Å². The Labute approximate surface area is 499 Å². The van der Waals surface area contributed by atoms with Crippen molar-refractivity contribution < 1.29 is 78.6 Å². The van der Waals surface area contributed by atoms with Gasteiger partial charge in [-0.05, 0) is 93.0 Å². The number of nitrogens with zero attached hydrogens (tertiary/aromatic N) is 2. The number of phenolic OH excluding ortho intramolecular Hbond substituents is 2. The SMILES string of the molecule is CSCC[C@H](NC(=O)[C@H](CO)NC(=O)[C@H](Cc1cnc[nH]1)NC(=O)[C@@H](N)CCCCN)C(=O)N[C@@H](C)C(=O)N[C@@H](CO)C(=O)N[C@@H](Cc1ccc(O)cc1)C(=O)N[C@@H](CO)C(=O)N[C@@H](Cc1ccc(O)cc1)C(=O)N[C@@H](CCCN=C(N)N)C(=O)O. The van der Waals surface area contributed by atoms with Crippen LogP contribution in [0.2, 0.25) is 0 Å². The third-order valence-corrected chi connectivity index (χ3v) is 13.6. The fourth-order valence-electron chi connectivity index (χ4n) is 8.06. The number of phenols is 2. The Hall–Kier alpha value is -8.63. The van der Waals surface area contributed by atoms with Crippen LogP contribution in [0.3, 0.4) is 0 Å². The second-order valence-electron chi connectivity index (χ2n) is 19.7. The van der Waals surface area contributed by atoms with Crippen LogP contribution in [-0.4, -0.2) is 211 Å². The molecule has 0 saturated carbocycles. The molecule has 2 aromatic carbocycles. The third kappa shape index (κ3) is 25.3. The molecule has 1 aromatic heterocycles. The highest BCUT2D eigenvalue weighted by Gasteiger charge is 2.35. The lowest BCUT2D eigenvalue weighted by Crippen LogP contribution is -2.61. The number of carbonyl (C=O) groups excluding carboxylic acids is 9. The number of rotatable bonds is 39. The van der Waals surface area contributed by atoms with E-state index in [-0.39, 0.29) is 74.7 Å². The quantitative estimate of drug-likeness (QED) is 0.0143. The molecule has 10 atom stereocenters. The number of hydrogen-bond donors (Lipinski definition) is 20. The normalized spacial score (nSPS) is 14.5. The zero-order valence-electron chi connectivity index (χ0n) is 47.5. The Kier molecular flexibility index (Phi) is 31.3. The van der Waals surface area contributed by atoms with Crippen LogP contribution >= 0.6 is 11.8 Å². The number of aliphatic imine (C=N–C) groups is 1. The highest BCUT2D eigenvalue weighted by molar-refractivity contribution is 7.98. The number of benzene rings is 2. The van der Waals surface area contributed by atoms with Gasteiger partial charge >= 0.3 is 5.97 Å². The average molecular weight is 1230 g/mol. The van der Waals surface area contributed by atoms with Crippen molar-refractivity contribution in [1.82, 2.24) is 57.8 Å². The largest absolute Gasteiger partial charge is 0.508 e. The Balaban J connectivity index is 1.77. The number of aliphatic hydroxyl groups is 3. The molecule has 0 unspecified atom stereocenters. The third-order valence-electron chi connectivity index (χ3n) is 12.9. The molecule has 0 saturated heterocycles. The molecule has 474 valence electrons. The van der Waals surface area contributed by atoms with E-state index in [1.807, 2.05) is 0 Å². The minimum atomic E-state index is -1.84.